The molecule has 0 saturated heterocycles. The zero-order chi connectivity index (χ0) is 13.4. The number of nitrogens with zero attached hydrogens (tertiary/aromatic N) is 1. The largest absolute Gasteiger partial charge is 0.478 e. The van der Waals surface area contributed by atoms with Crippen LogP contribution in [0.15, 0.2) is 18.2 Å². The number of aromatic carboxylic acids is 1. The number of hydrogen-bond donors (Lipinski definition) is 2. The van der Waals surface area contributed by atoms with Gasteiger partial charge in [-0.25, -0.2) is 4.79 Å². The van der Waals surface area contributed by atoms with Crippen molar-refractivity contribution in [3.05, 3.63) is 35.0 Å². The first kappa shape index (κ1) is 12.2. The van der Waals surface area contributed by atoms with E-state index >= 15 is 0 Å². The first-order chi connectivity index (χ1) is 9.22. The average Bonchev–Trinajstić information content (AvgIpc) is 2.97. The highest BCUT2D eigenvalue weighted by Gasteiger charge is 2.21. The van der Waals surface area contributed by atoms with Crippen molar-refractivity contribution in [1.82, 2.24) is 4.57 Å². The molecule has 0 saturated carbocycles. The molecular formula is C15H17NO3. The van der Waals surface area contributed by atoms with Crippen LogP contribution in [0.4, 0.5) is 0 Å². The van der Waals surface area contributed by atoms with Crippen LogP contribution >= 0.6 is 0 Å². The lowest BCUT2D eigenvalue weighted by Gasteiger charge is -2.08. The third-order valence-corrected chi connectivity index (χ3v) is 3.91. The van der Waals surface area contributed by atoms with Gasteiger partial charge in [-0.15, -0.1) is 0 Å². The molecule has 4 heteroatoms. The number of aromatic nitrogens is 1. The third-order valence-electron chi connectivity index (χ3n) is 3.91. The van der Waals surface area contributed by atoms with Gasteiger partial charge in [-0.2, -0.15) is 0 Å². The molecule has 2 aromatic rings. The Labute approximate surface area is 111 Å². The van der Waals surface area contributed by atoms with Crippen molar-refractivity contribution in [3.63, 3.8) is 0 Å². The second kappa shape index (κ2) is 4.70. The standard InChI is InChI=1S/C15H17NO3/c17-8-2-7-16-13-4-1-3-11(13)12-9-10(15(18)19)5-6-14(12)16/h5-6,9,17H,1-4,7-8H2,(H,18,19). The molecular weight excluding hydrogens is 242 g/mol. The Balaban J connectivity index is 2.18. The number of fused-ring (bicyclic) bond motifs is 3. The number of hydrogen-bond acceptors (Lipinski definition) is 2. The summed E-state index contributed by atoms with van der Waals surface area (Å²) in [6, 6.07) is 5.35. The molecule has 1 heterocycles. The molecule has 0 unspecified atom stereocenters. The summed E-state index contributed by atoms with van der Waals surface area (Å²) in [5, 5.41) is 19.2. The number of carboxylic acids is 1. The molecule has 0 amide bonds. The Kier molecular flexibility index (Phi) is 3.03. The molecule has 0 bridgehead atoms. The first-order valence-corrected chi connectivity index (χ1v) is 6.70. The Bertz CT molecular complexity index is 642. The molecule has 1 aliphatic carbocycles. The van der Waals surface area contributed by atoms with Gasteiger partial charge in [0.25, 0.3) is 0 Å². The molecule has 0 atom stereocenters. The summed E-state index contributed by atoms with van der Waals surface area (Å²) in [7, 11) is 0. The average molecular weight is 259 g/mol. The minimum Gasteiger partial charge on any atom is -0.478 e. The second-order valence-corrected chi connectivity index (χ2v) is 5.04. The van der Waals surface area contributed by atoms with Crippen LogP contribution in [0.3, 0.4) is 0 Å². The van der Waals surface area contributed by atoms with E-state index in [2.05, 4.69) is 4.57 Å². The van der Waals surface area contributed by atoms with Gasteiger partial charge in [0.15, 0.2) is 0 Å². The fraction of sp³-hybridized carbons (Fsp3) is 0.400. The number of rotatable bonds is 4. The summed E-state index contributed by atoms with van der Waals surface area (Å²) in [5.74, 6) is -0.878. The van der Waals surface area contributed by atoms with E-state index in [1.807, 2.05) is 6.07 Å². The molecule has 0 radical (unpaired) electrons. The highest BCUT2D eigenvalue weighted by atomic mass is 16.4. The number of aliphatic hydroxyl groups is 1. The van der Waals surface area contributed by atoms with E-state index in [4.69, 9.17) is 10.2 Å². The van der Waals surface area contributed by atoms with Crippen LogP contribution in [0.2, 0.25) is 0 Å². The number of carbonyl (C=O) groups is 1. The second-order valence-electron chi connectivity index (χ2n) is 5.04. The van der Waals surface area contributed by atoms with Gasteiger partial charge in [0.05, 0.1) is 5.56 Å². The van der Waals surface area contributed by atoms with E-state index in [-0.39, 0.29) is 6.61 Å². The molecule has 0 aliphatic heterocycles. The van der Waals surface area contributed by atoms with Gasteiger partial charge in [-0.3, -0.25) is 0 Å². The van der Waals surface area contributed by atoms with Crippen LogP contribution in [0, 0.1) is 0 Å². The highest BCUT2D eigenvalue weighted by Crippen LogP contribution is 2.33. The Hall–Kier alpha value is -1.81. The van der Waals surface area contributed by atoms with Crippen molar-refractivity contribution in [2.24, 2.45) is 0 Å². The van der Waals surface area contributed by atoms with E-state index < -0.39 is 5.97 Å². The summed E-state index contributed by atoms with van der Waals surface area (Å²) in [4.78, 5) is 11.1. The molecule has 4 nitrogen and oxygen atoms in total. The molecule has 1 aromatic carbocycles. The van der Waals surface area contributed by atoms with Crippen molar-refractivity contribution in [2.75, 3.05) is 6.61 Å². The smallest absolute Gasteiger partial charge is 0.335 e. The summed E-state index contributed by atoms with van der Waals surface area (Å²) in [6.07, 6.45) is 3.95. The summed E-state index contributed by atoms with van der Waals surface area (Å²) >= 11 is 0. The molecule has 19 heavy (non-hydrogen) atoms. The number of aryl methyl sites for hydroxylation is 2. The maximum Gasteiger partial charge on any atom is 0.335 e. The van der Waals surface area contributed by atoms with Crippen molar-refractivity contribution in [1.29, 1.82) is 0 Å². The molecule has 2 N–H and O–H groups in total. The summed E-state index contributed by atoms with van der Waals surface area (Å²) < 4.78 is 2.25. The molecule has 3 rings (SSSR count). The van der Waals surface area contributed by atoms with Gasteiger partial charge >= 0.3 is 5.97 Å². The first-order valence-electron chi connectivity index (χ1n) is 6.70. The lowest BCUT2D eigenvalue weighted by atomic mass is 10.1. The molecule has 100 valence electrons. The maximum absolute atomic E-state index is 11.1. The number of aliphatic hydroxyl groups excluding tert-OH is 1. The lowest BCUT2D eigenvalue weighted by molar-refractivity contribution is 0.0697. The lowest BCUT2D eigenvalue weighted by Crippen LogP contribution is -2.04. The van der Waals surface area contributed by atoms with Crippen LogP contribution in [0.25, 0.3) is 10.9 Å². The molecule has 1 aliphatic rings. The zero-order valence-electron chi connectivity index (χ0n) is 10.7. The molecule has 0 fully saturated rings. The Morgan fingerprint density at radius 3 is 2.89 bits per heavy atom. The Morgan fingerprint density at radius 2 is 2.16 bits per heavy atom. The van der Waals surface area contributed by atoms with Crippen LogP contribution in [0.1, 0.15) is 34.5 Å². The number of benzene rings is 1. The van der Waals surface area contributed by atoms with Crippen molar-refractivity contribution < 1.29 is 15.0 Å². The van der Waals surface area contributed by atoms with Crippen LogP contribution in [-0.2, 0) is 19.4 Å². The van der Waals surface area contributed by atoms with Crippen LogP contribution in [-0.4, -0.2) is 27.4 Å². The topological polar surface area (TPSA) is 62.5 Å². The quantitative estimate of drug-likeness (QED) is 0.885. The SMILES string of the molecule is O=C(O)c1ccc2c(c1)c1c(n2CCCO)CCC1. The predicted molar refractivity (Wildman–Crippen MR) is 72.6 cm³/mol. The van der Waals surface area contributed by atoms with Crippen LogP contribution in [0.5, 0.6) is 0 Å². The van der Waals surface area contributed by atoms with Crippen molar-refractivity contribution >= 4 is 16.9 Å². The predicted octanol–water partition coefficient (Wildman–Crippen LogP) is 2.21. The zero-order valence-corrected chi connectivity index (χ0v) is 10.7. The van der Waals surface area contributed by atoms with Gasteiger partial charge in [0, 0.05) is 29.7 Å². The highest BCUT2D eigenvalue weighted by molar-refractivity contribution is 5.95. The van der Waals surface area contributed by atoms with E-state index in [1.54, 1.807) is 12.1 Å². The monoisotopic (exact) mass is 259 g/mol. The maximum atomic E-state index is 11.1. The van der Waals surface area contributed by atoms with Crippen molar-refractivity contribution in [2.45, 2.75) is 32.2 Å². The van der Waals surface area contributed by atoms with E-state index in [1.165, 1.54) is 11.3 Å². The van der Waals surface area contributed by atoms with Gasteiger partial charge in [-0.1, -0.05) is 0 Å². The molecule has 0 spiro atoms. The minimum absolute atomic E-state index is 0.182. The molecule has 1 aromatic heterocycles. The van der Waals surface area contributed by atoms with Gasteiger partial charge < -0.3 is 14.8 Å². The van der Waals surface area contributed by atoms with Crippen molar-refractivity contribution in [3.8, 4) is 0 Å². The van der Waals surface area contributed by atoms with Gasteiger partial charge in [-0.05, 0) is 49.4 Å². The van der Waals surface area contributed by atoms with E-state index in [0.29, 0.717) is 5.56 Å². The van der Waals surface area contributed by atoms with Gasteiger partial charge in [0.2, 0.25) is 0 Å². The summed E-state index contributed by atoms with van der Waals surface area (Å²) in [5.41, 5.74) is 4.08. The fourth-order valence-corrected chi connectivity index (χ4v) is 3.09. The van der Waals surface area contributed by atoms with Gasteiger partial charge in [0.1, 0.15) is 0 Å². The normalized spacial score (nSPS) is 13.9. The number of carboxylic acid groups (broad SMARTS) is 1. The third kappa shape index (κ3) is 1.92. The van der Waals surface area contributed by atoms with Crippen LogP contribution < -0.4 is 0 Å². The minimum atomic E-state index is -0.878. The van der Waals surface area contributed by atoms with E-state index in [0.717, 1.165) is 43.1 Å². The summed E-state index contributed by atoms with van der Waals surface area (Å²) in [6.45, 7) is 0.983. The van der Waals surface area contributed by atoms with E-state index in [9.17, 15) is 4.79 Å². The Morgan fingerprint density at radius 1 is 1.32 bits per heavy atom. The fourth-order valence-electron chi connectivity index (χ4n) is 3.09.